The minimum Gasteiger partial charge on any atom is -0.388 e. The number of hydrogen-bond donors (Lipinski definition) is 2. The molecule has 2 fully saturated rings. The second-order valence-corrected chi connectivity index (χ2v) is 6.45. The molecule has 0 aromatic carbocycles. The van der Waals surface area contributed by atoms with E-state index in [-0.39, 0.29) is 0 Å². The van der Waals surface area contributed by atoms with Crippen molar-refractivity contribution in [1.29, 1.82) is 0 Å². The molecule has 0 bridgehead atoms. The summed E-state index contributed by atoms with van der Waals surface area (Å²) >= 11 is 0. The van der Waals surface area contributed by atoms with Crippen LogP contribution in [-0.2, 0) is 0 Å². The Hall–Kier alpha value is -0.0800. The van der Waals surface area contributed by atoms with Gasteiger partial charge in [0.1, 0.15) is 0 Å². The lowest BCUT2D eigenvalue weighted by atomic mass is 9.78. The van der Waals surface area contributed by atoms with Crippen molar-refractivity contribution < 1.29 is 5.11 Å². The lowest BCUT2D eigenvalue weighted by molar-refractivity contribution is -0.0281. The molecule has 2 aliphatic rings. The van der Waals surface area contributed by atoms with Crippen molar-refractivity contribution in [2.24, 2.45) is 11.8 Å². The largest absolute Gasteiger partial charge is 0.388 e. The van der Waals surface area contributed by atoms with Crippen molar-refractivity contribution in [3.63, 3.8) is 0 Å². The van der Waals surface area contributed by atoms with Crippen molar-refractivity contribution in [3.8, 4) is 0 Å². The van der Waals surface area contributed by atoms with Gasteiger partial charge >= 0.3 is 0 Å². The predicted octanol–water partition coefficient (Wildman–Crippen LogP) is 3.10. The summed E-state index contributed by atoms with van der Waals surface area (Å²) in [6.45, 7) is 5.71. The summed E-state index contributed by atoms with van der Waals surface area (Å²) in [6.07, 6.45) is 9.45. The molecule has 17 heavy (non-hydrogen) atoms. The van der Waals surface area contributed by atoms with Gasteiger partial charge < -0.3 is 10.4 Å². The third-order valence-electron chi connectivity index (χ3n) is 5.12. The molecule has 4 unspecified atom stereocenters. The standard InChI is InChI=1S/C15H29NO/c1-3-13-7-10-16-14(11-13)15(17)8-4-5-12(2)6-9-15/h12-14,16-17H,3-11H2,1-2H3. The molecule has 1 aliphatic heterocycles. The highest BCUT2D eigenvalue weighted by molar-refractivity contribution is 4.96. The van der Waals surface area contributed by atoms with E-state index in [9.17, 15) is 5.11 Å². The van der Waals surface area contributed by atoms with Crippen molar-refractivity contribution in [3.05, 3.63) is 0 Å². The van der Waals surface area contributed by atoms with Crippen LogP contribution in [0.5, 0.6) is 0 Å². The van der Waals surface area contributed by atoms with E-state index >= 15 is 0 Å². The van der Waals surface area contributed by atoms with Gasteiger partial charge in [0.2, 0.25) is 0 Å². The maximum Gasteiger partial charge on any atom is 0.0800 e. The summed E-state index contributed by atoms with van der Waals surface area (Å²) in [4.78, 5) is 0. The molecule has 2 nitrogen and oxygen atoms in total. The van der Waals surface area contributed by atoms with Crippen LogP contribution in [0.1, 0.15) is 65.2 Å². The van der Waals surface area contributed by atoms with Crippen LogP contribution in [0, 0.1) is 11.8 Å². The highest BCUT2D eigenvalue weighted by Gasteiger charge is 2.39. The Morgan fingerprint density at radius 2 is 2.06 bits per heavy atom. The van der Waals surface area contributed by atoms with Crippen molar-refractivity contribution in [2.45, 2.75) is 76.9 Å². The second kappa shape index (κ2) is 5.71. The third-order valence-corrected chi connectivity index (χ3v) is 5.12. The van der Waals surface area contributed by atoms with Crippen LogP contribution < -0.4 is 5.32 Å². The van der Waals surface area contributed by atoms with Crippen LogP contribution in [0.25, 0.3) is 0 Å². The monoisotopic (exact) mass is 239 g/mol. The van der Waals surface area contributed by atoms with Gasteiger partial charge in [-0.3, -0.25) is 0 Å². The first-order valence-corrected chi connectivity index (χ1v) is 7.60. The summed E-state index contributed by atoms with van der Waals surface area (Å²) in [5, 5.41) is 14.5. The first-order chi connectivity index (χ1) is 8.14. The van der Waals surface area contributed by atoms with E-state index in [4.69, 9.17) is 0 Å². The molecule has 1 saturated carbocycles. The normalized spacial score (nSPS) is 44.3. The molecule has 2 rings (SSSR count). The smallest absolute Gasteiger partial charge is 0.0800 e. The van der Waals surface area contributed by atoms with E-state index < -0.39 is 5.60 Å². The Kier molecular flexibility index (Phi) is 4.48. The molecule has 0 aromatic heterocycles. The zero-order valence-electron chi connectivity index (χ0n) is 11.5. The molecule has 4 atom stereocenters. The minimum atomic E-state index is -0.418. The number of piperidine rings is 1. The highest BCUT2D eigenvalue weighted by Crippen LogP contribution is 2.36. The molecule has 1 aliphatic carbocycles. The molecular formula is C15H29NO. The van der Waals surface area contributed by atoms with E-state index in [1.54, 1.807) is 0 Å². The van der Waals surface area contributed by atoms with Crippen LogP contribution >= 0.6 is 0 Å². The molecule has 1 saturated heterocycles. The van der Waals surface area contributed by atoms with E-state index in [1.165, 1.54) is 38.5 Å². The number of rotatable bonds is 2. The first kappa shape index (κ1) is 13.4. The number of aliphatic hydroxyl groups is 1. The SMILES string of the molecule is CCC1CCNC(C2(O)CCCC(C)CC2)C1. The molecule has 0 radical (unpaired) electrons. The maximum atomic E-state index is 10.9. The molecule has 0 amide bonds. The zero-order chi connectivity index (χ0) is 12.3. The van der Waals surface area contributed by atoms with Crippen LogP contribution in [-0.4, -0.2) is 23.3 Å². The maximum absolute atomic E-state index is 10.9. The quantitative estimate of drug-likeness (QED) is 0.726. The van der Waals surface area contributed by atoms with Crippen LogP contribution in [0.15, 0.2) is 0 Å². The van der Waals surface area contributed by atoms with E-state index in [0.29, 0.717) is 6.04 Å². The average molecular weight is 239 g/mol. The van der Waals surface area contributed by atoms with Crippen molar-refractivity contribution in [1.82, 2.24) is 5.32 Å². The summed E-state index contributed by atoms with van der Waals surface area (Å²) in [5.74, 6) is 1.63. The molecule has 1 heterocycles. The van der Waals surface area contributed by atoms with Gasteiger partial charge in [0.15, 0.2) is 0 Å². The van der Waals surface area contributed by atoms with Crippen molar-refractivity contribution >= 4 is 0 Å². The van der Waals surface area contributed by atoms with Gasteiger partial charge in [-0.15, -0.1) is 0 Å². The van der Waals surface area contributed by atoms with Crippen LogP contribution in [0.2, 0.25) is 0 Å². The van der Waals surface area contributed by atoms with E-state index in [0.717, 1.165) is 31.2 Å². The van der Waals surface area contributed by atoms with E-state index in [2.05, 4.69) is 19.2 Å². The van der Waals surface area contributed by atoms with Gasteiger partial charge in [-0.2, -0.15) is 0 Å². The Morgan fingerprint density at radius 3 is 2.82 bits per heavy atom. The number of hydrogen-bond acceptors (Lipinski definition) is 2. The van der Waals surface area contributed by atoms with Crippen molar-refractivity contribution in [2.75, 3.05) is 6.54 Å². The Bertz CT molecular complexity index is 243. The Labute approximate surface area is 106 Å². The third kappa shape index (κ3) is 3.23. The zero-order valence-corrected chi connectivity index (χ0v) is 11.5. The van der Waals surface area contributed by atoms with Crippen LogP contribution in [0.4, 0.5) is 0 Å². The average Bonchev–Trinajstić information content (AvgIpc) is 2.53. The lowest BCUT2D eigenvalue weighted by Crippen LogP contribution is -2.54. The summed E-state index contributed by atoms with van der Waals surface area (Å²) in [6, 6.07) is 0.353. The molecule has 0 spiro atoms. The van der Waals surface area contributed by atoms with Crippen LogP contribution in [0.3, 0.4) is 0 Å². The fraction of sp³-hybridized carbons (Fsp3) is 1.00. The predicted molar refractivity (Wildman–Crippen MR) is 72.0 cm³/mol. The molecule has 0 aromatic rings. The summed E-state index contributed by atoms with van der Waals surface area (Å²) in [7, 11) is 0. The molecule has 100 valence electrons. The molecule has 2 N–H and O–H groups in total. The highest BCUT2D eigenvalue weighted by atomic mass is 16.3. The summed E-state index contributed by atoms with van der Waals surface area (Å²) in [5.41, 5.74) is -0.418. The minimum absolute atomic E-state index is 0.353. The van der Waals surface area contributed by atoms with Gasteiger partial charge in [-0.1, -0.05) is 33.1 Å². The topological polar surface area (TPSA) is 32.3 Å². The second-order valence-electron chi connectivity index (χ2n) is 6.45. The lowest BCUT2D eigenvalue weighted by Gasteiger charge is -2.41. The Balaban J connectivity index is 1.98. The van der Waals surface area contributed by atoms with Gasteiger partial charge in [0.25, 0.3) is 0 Å². The number of nitrogens with one attached hydrogen (secondary N) is 1. The fourth-order valence-electron chi connectivity index (χ4n) is 3.65. The first-order valence-electron chi connectivity index (χ1n) is 7.60. The van der Waals surface area contributed by atoms with E-state index in [1.807, 2.05) is 0 Å². The van der Waals surface area contributed by atoms with Gasteiger partial charge in [-0.25, -0.2) is 0 Å². The van der Waals surface area contributed by atoms with Gasteiger partial charge in [-0.05, 0) is 50.5 Å². The summed E-state index contributed by atoms with van der Waals surface area (Å²) < 4.78 is 0. The van der Waals surface area contributed by atoms with Gasteiger partial charge in [0, 0.05) is 6.04 Å². The fourth-order valence-corrected chi connectivity index (χ4v) is 3.65. The molecular weight excluding hydrogens is 210 g/mol. The van der Waals surface area contributed by atoms with Gasteiger partial charge in [0.05, 0.1) is 5.60 Å². The molecule has 2 heteroatoms. The Morgan fingerprint density at radius 1 is 1.24 bits per heavy atom.